The highest BCUT2D eigenvalue weighted by molar-refractivity contribution is 8.45. The highest BCUT2D eigenvalue weighted by atomic mass is 33.1. The van der Waals surface area contributed by atoms with Crippen molar-refractivity contribution < 1.29 is 0 Å². The van der Waals surface area contributed by atoms with Gasteiger partial charge in [-0.3, -0.25) is 11.5 Å². The van der Waals surface area contributed by atoms with Gasteiger partial charge >= 0.3 is 0 Å². The van der Waals surface area contributed by atoms with Crippen molar-refractivity contribution in [2.24, 2.45) is 11.5 Å². The van der Waals surface area contributed by atoms with E-state index in [2.05, 4.69) is 22.4 Å². The number of rotatable bonds is 0. The summed E-state index contributed by atoms with van der Waals surface area (Å²) in [6.07, 6.45) is 0. The summed E-state index contributed by atoms with van der Waals surface area (Å²) in [6, 6.07) is 0. The first-order valence-electron chi connectivity index (χ1n) is 1.11. The Morgan fingerprint density at radius 3 is 1.50 bits per heavy atom. The molecule has 0 aliphatic carbocycles. The van der Waals surface area contributed by atoms with Crippen LogP contribution in [0.1, 0.15) is 0 Å². The molecule has 0 radical (unpaired) electrons. The van der Waals surface area contributed by atoms with Crippen molar-refractivity contribution in [3.8, 4) is 0 Å². The van der Waals surface area contributed by atoms with Crippen LogP contribution in [0.3, 0.4) is 0 Å². The molecule has 0 saturated carbocycles. The lowest BCUT2D eigenvalue weighted by molar-refractivity contribution is 1.65. The van der Waals surface area contributed by atoms with Gasteiger partial charge in [0.25, 0.3) is 0 Å². The molecule has 0 amide bonds. The van der Waals surface area contributed by atoms with Crippen LogP contribution >= 0.6 is 0 Å². The van der Waals surface area contributed by atoms with E-state index in [1.807, 2.05) is 0 Å². The quantitative estimate of drug-likeness (QED) is 0.404. The van der Waals surface area contributed by atoms with Crippen LogP contribution in [0.15, 0.2) is 0 Å². The first kappa shape index (κ1) is 6.45. The highest BCUT2D eigenvalue weighted by Crippen LogP contribution is 1.36. The minimum atomic E-state index is -0.728. The van der Waals surface area contributed by atoms with Gasteiger partial charge in [0.05, 0.1) is 0 Å². The average Bonchev–Trinajstić information content (AvgIpc) is 1.36. The van der Waals surface area contributed by atoms with E-state index >= 15 is 0 Å². The Morgan fingerprint density at radius 2 is 1.50 bits per heavy atom. The molecule has 0 rings (SSSR count). The van der Waals surface area contributed by atoms with Crippen LogP contribution in [0.2, 0.25) is 0 Å². The molecule has 0 aliphatic rings. The van der Waals surface area contributed by atoms with Crippen molar-refractivity contribution in [3.63, 3.8) is 0 Å². The van der Waals surface area contributed by atoms with E-state index < -0.39 is 7.60 Å². The van der Waals surface area contributed by atoms with Gasteiger partial charge in [-0.05, 0) is 30.0 Å². The SMILES string of the molecule is NC(N)=S(=S)=S. The van der Waals surface area contributed by atoms with Crippen LogP contribution in [0.25, 0.3) is 0 Å². The Morgan fingerprint density at radius 1 is 1.33 bits per heavy atom. The standard InChI is InChI=1S/CH4N2S3/c2-1(3)6(4)5/h2-3H2. The minimum absolute atomic E-state index is 0.167. The van der Waals surface area contributed by atoms with Crippen molar-refractivity contribution >= 4 is 35.1 Å². The van der Waals surface area contributed by atoms with Crippen molar-refractivity contribution in [2.75, 3.05) is 0 Å². The number of hydrogen-bond donors (Lipinski definition) is 2. The maximum atomic E-state index is 4.93. The van der Waals surface area contributed by atoms with Gasteiger partial charge in [-0.2, -0.15) is 0 Å². The molecule has 0 atom stereocenters. The van der Waals surface area contributed by atoms with Crippen LogP contribution < -0.4 is 11.5 Å². The maximum absolute atomic E-state index is 4.93. The van der Waals surface area contributed by atoms with Crippen LogP contribution in [-0.2, 0) is 30.0 Å². The van der Waals surface area contributed by atoms with Gasteiger partial charge in [0, 0.05) is 0 Å². The molecule has 0 aromatic heterocycles. The third-order valence-corrected chi connectivity index (χ3v) is 1.73. The van der Waals surface area contributed by atoms with Gasteiger partial charge < -0.3 is 0 Å². The summed E-state index contributed by atoms with van der Waals surface area (Å²) in [4.78, 5) is 0. The van der Waals surface area contributed by atoms with Gasteiger partial charge in [-0.25, -0.2) is 0 Å². The Labute approximate surface area is 46.9 Å². The molecule has 0 aromatic carbocycles. The molecule has 4 N–H and O–H groups in total. The van der Waals surface area contributed by atoms with E-state index in [-0.39, 0.29) is 5.11 Å². The average molecular weight is 140 g/mol. The first-order chi connectivity index (χ1) is 2.64. The zero-order chi connectivity index (χ0) is 5.15. The van der Waals surface area contributed by atoms with Crippen LogP contribution in [0.5, 0.6) is 0 Å². The van der Waals surface area contributed by atoms with E-state index in [1.54, 1.807) is 0 Å². The molecule has 0 saturated heterocycles. The van der Waals surface area contributed by atoms with Gasteiger partial charge in [0.15, 0.2) is 0 Å². The number of nitrogens with two attached hydrogens (primary N) is 2. The summed E-state index contributed by atoms with van der Waals surface area (Å²) in [7, 11) is -0.728. The molecule has 5 heteroatoms. The van der Waals surface area contributed by atoms with Crippen LogP contribution in [-0.4, -0.2) is 5.11 Å². The molecule has 0 heterocycles. The lowest BCUT2D eigenvalue weighted by atomic mass is 11.3. The molecule has 0 aromatic rings. The third-order valence-electron chi connectivity index (χ3n) is 0.192. The van der Waals surface area contributed by atoms with E-state index in [1.165, 1.54) is 0 Å². The zero-order valence-electron chi connectivity index (χ0n) is 2.88. The molecule has 0 fully saturated rings. The Balaban J connectivity index is 4.58. The fourth-order valence-electron chi connectivity index (χ4n) is 0. The van der Waals surface area contributed by atoms with E-state index in [9.17, 15) is 0 Å². The highest BCUT2D eigenvalue weighted by Gasteiger charge is 1.64. The summed E-state index contributed by atoms with van der Waals surface area (Å²) in [5, 5.41) is 0.167. The second-order valence-corrected chi connectivity index (χ2v) is 4.21. The third kappa shape index (κ3) is 2.67. The molecule has 36 valence electrons. The molecule has 2 nitrogen and oxygen atoms in total. The molecular formula is CH4N2S3. The van der Waals surface area contributed by atoms with Crippen LogP contribution in [0, 0.1) is 0 Å². The summed E-state index contributed by atoms with van der Waals surface area (Å²) < 4.78 is 0. The summed E-state index contributed by atoms with van der Waals surface area (Å²) in [6.45, 7) is 0. The van der Waals surface area contributed by atoms with Gasteiger partial charge in [0.1, 0.15) is 5.11 Å². The first-order valence-corrected chi connectivity index (χ1v) is 4.19. The van der Waals surface area contributed by atoms with Gasteiger partial charge in [-0.1, -0.05) is 0 Å². The van der Waals surface area contributed by atoms with Crippen LogP contribution in [0.4, 0.5) is 0 Å². The molecule has 0 bridgehead atoms. The number of hydrogen-bond acceptors (Lipinski definition) is 2. The van der Waals surface area contributed by atoms with Crippen molar-refractivity contribution in [2.45, 2.75) is 0 Å². The fourth-order valence-corrected chi connectivity index (χ4v) is 0. The van der Waals surface area contributed by atoms with Crippen molar-refractivity contribution in [1.29, 1.82) is 0 Å². The fraction of sp³-hybridized carbons (Fsp3) is 0. The predicted molar refractivity (Wildman–Crippen MR) is 35.5 cm³/mol. The van der Waals surface area contributed by atoms with E-state index in [0.717, 1.165) is 0 Å². The molecule has 0 unspecified atom stereocenters. The van der Waals surface area contributed by atoms with Crippen molar-refractivity contribution in [3.05, 3.63) is 0 Å². The predicted octanol–water partition coefficient (Wildman–Crippen LogP) is -1.47. The Hall–Kier alpha value is 0.450. The summed E-state index contributed by atoms with van der Waals surface area (Å²) in [5.74, 6) is 0. The lowest BCUT2D eigenvalue weighted by Gasteiger charge is -1.72. The zero-order valence-corrected chi connectivity index (χ0v) is 5.33. The lowest BCUT2D eigenvalue weighted by Crippen LogP contribution is -2.22. The van der Waals surface area contributed by atoms with Crippen molar-refractivity contribution in [1.82, 2.24) is 0 Å². The molecular weight excluding hydrogens is 136 g/mol. The molecule has 0 spiro atoms. The van der Waals surface area contributed by atoms with Gasteiger partial charge in [0.2, 0.25) is 0 Å². The largest absolute Gasteiger partial charge is 0.284 e. The maximum Gasteiger partial charge on any atom is 0.119 e. The summed E-state index contributed by atoms with van der Waals surface area (Å²) in [5.41, 5.74) is 9.87. The Bertz CT molecular complexity index is 140. The van der Waals surface area contributed by atoms with Gasteiger partial charge in [-0.15, -0.1) is 0 Å². The monoisotopic (exact) mass is 140 g/mol. The minimum Gasteiger partial charge on any atom is -0.284 e. The van der Waals surface area contributed by atoms with E-state index in [4.69, 9.17) is 11.5 Å². The summed E-state index contributed by atoms with van der Waals surface area (Å²) >= 11 is 8.92. The second kappa shape index (κ2) is 2.59. The Kier molecular flexibility index (Phi) is 2.79. The topological polar surface area (TPSA) is 52.0 Å². The second-order valence-electron chi connectivity index (χ2n) is 0.637. The molecule has 0 aliphatic heterocycles. The van der Waals surface area contributed by atoms with E-state index in [0.29, 0.717) is 0 Å². The smallest absolute Gasteiger partial charge is 0.119 e. The molecule has 6 heavy (non-hydrogen) atoms. The normalized spacial score (nSPS) is 7.67.